The molecule has 1 heterocycles. The Balaban J connectivity index is 1.69. The third-order valence-electron chi connectivity index (χ3n) is 4.25. The maximum absolute atomic E-state index is 14.0. The molecule has 0 saturated carbocycles. The molecule has 0 aliphatic carbocycles. The van der Waals surface area contributed by atoms with Crippen LogP contribution in [0.5, 0.6) is 0 Å². The average Bonchev–Trinajstić information content (AvgIpc) is 3.10. The molecule has 154 valence electrons. The summed E-state index contributed by atoms with van der Waals surface area (Å²) in [5.74, 6) is -0.576. The lowest BCUT2D eigenvalue weighted by Crippen LogP contribution is -2.36. The molecule has 2 aromatic carbocycles. The Hall–Kier alpha value is -2.03. The first-order valence-corrected chi connectivity index (χ1v) is 11.1. The zero-order valence-electron chi connectivity index (χ0n) is 16.4. The molecule has 3 rings (SSSR count). The van der Waals surface area contributed by atoms with Crippen LogP contribution in [0.3, 0.4) is 0 Å². The largest absolute Gasteiger partial charge is 0.308 e. The van der Waals surface area contributed by atoms with E-state index < -0.39 is 11.6 Å². The van der Waals surface area contributed by atoms with Crippen molar-refractivity contribution in [3.05, 3.63) is 54.1 Å². The van der Waals surface area contributed by atoms with Crippen molar-refractivity contribution in [3.63, 3.8) is 0 Å². The summed E-state index contributed by atoms with van der Waals surface area (Å²) >= 11 is 2.85. The Morgan fingerprint density at radius 2 is 1.90 bits per heavy atom. The lowest BCUT2D eigenvalue weighted by Gasteiger charge is -2.22. The minimum Gasteiger partial charge on any atom is -0.308 e. The van der Waals surface area contributed by atoms with Gasteiger partial charge in [-0.2, -0.15) is 0 Å². The molecule has 0 fully saturated rings. The molecule has 0 N–H and O–H groups in total. The van der Waals surface area contributed by atoms with E-state index in [-0.39, 0.29) is 11.4 Å². The predicted molar refractivity (Wildman–Crippen MR) is 117 cm³/mol. The van der Waals surface area contributed by atoms with Crippen LogP contribution in [0, 0.1) is 11.6 Å². The van der Waals surface area contributed by atoms with Crippen LogP contribution in [0.15, 0.2) is 47.4 Å². The fourth-order valence-electron chi connectivity index (χ4n) is 2.75. The molecule has 0 atom stereocenters. The molecule has 0 bridgehead atoms. The Morgan fingerprint density at radius 1 is 1.14 bits per heavy atom. The molecule has 0 unspecified atom stereocenters. The van der Waals surface area contributed by atoms with Gasteiger partial charge in [0.15, 0.2) is 10.9 Å². The van der Waals surface area contributed by atoms with Gasteiger partial charge in [-0.3, -0.25) is 9.69 Å². The van der Waals surface area contributed by atoms with Crippen LogP contribution >= 0.6 is 23.1 Å². The number of anilines is 1. The van der Waals surface area contributed by atoms with Crippen molar-refractivity contribution >= 4 is 44.4 Å². The summed E-state index contributed by atoms with van der Waals surface area (Å²) in [7, 11) is 3.85. The first kappa shape index (κ1) is 21.7. The number of thiazole rings is 1. The lowest BCUT2D eigenvalue weighted by atomic mass is 10.3. The number of hydrogen-bond acceptors (Lipinski definition) is 5. The van der Waals surface area contributed by atoms with Gasteiger partial charge in [0, 0.05) is 30.5 Å². The minimum atomic E-state index is -0.707. The summed E-state index contributed by atoms with van der Waals surface area (Å²) in [5.41, 5.74) is 0.105. The summed E-state index contributed by atoms with van der Waals surface area (Å²) in [6, 6.07) is 12.1. The van der Waals surface area contributed by atoms with Gasteiger partial charge in [-0.1, -0.05) is 29.5 Å². The van der Waals surface area contributed by atoms with Crippen LogP contribution < -0.4 is 4.90 Å². The smallest absolute Gasteiger partial charge is 0.228 e. The van der Waals surface area contributed by atoms with Crippen LogP contribution in [-0.2, 0) is 4.79 Å². The van der Waals surface area contributed by atoms with Gasteiger partial charge in [-0.15, -0.1) is 11.8 Å². The van der Waals surface area contributed by atoms with Crippen molar-refractivity contribution in [2.45, 2.75) is 17.7 Å². The zero-order chi connectivity index (χ0) is 20.8. The monoisotopic (exact) mass is 435 g/mol. The highest BCUT2D eigenvalue weighted by molar-refractivity contribution is 7.99. The van der Waals surface area contributed by atoms with E-state index in [4.69, 9.17) is 0 Å². The molecule has 0 spiro atoms. The molecule has 0 radical (unpaired) electrons. The lowest BCUT2D eigenvalue weighted by molar-refractivity contribution is -0.118. The van der Waals surface area contributed by atoms with Gasteiger partial charge in [0.1, 0.15) is 11.3 Å². The van der Waals surface area contributed by atoms with Crippen molar-refractivity contribution < 1.29 is 13.6 Å². The highest BCUT2D eigenvalue weighted by Gasteiger charge is 2.21. The van der Waals surface area contributed by atoms with Gasteiger partial charge in [-0.05, 0) is 44.5 Å². The third kappa shape index (κ3) is 5.98. The minimum absolute atomic E-state index is 0.0551. The van der Waals surface area contributed by atoms with Crippen molar-refractivity contribution in [1.82, 2.24) is 9.88 Å². The zero-order valence-corrected chi connectivity index (χ0v) is 18.0. The molecule has 1 aromatic heterocycles. The number of likely N-dealkylation sites (N-methyl/N-ethyl adjacent to an activating group) is 1. The molecule has 8 heteroatoms. The Bertz CT molecular complexity index is 963. The SMILES string of the molecule is CN(C)CCN(C(=O)CCCSc1ccccc1)c1nc2c(F)cc(F)cc2s1. The summed E-state index contributed by atoms with van der Waals surface area (Å²) in [6.07, 6.45) is 1.10. The second-order valence-corrected chi connectivity index (χ2v) is 9.02. The molecule has 0 aliphatic heterocycles. The van der Waals surface area contributed by atoms with Gasteiger partial charge >= 0.3 is 0 Å². The number of benzene rings is 2. The van der Waals surface area contributed by atoms with Crippen LogP contribution in [-0.4, -0.2) is 48.7 Å². The van der Waals surface area contributed by atoms with Gasteiger partial charge in [-0.25, -0.2) is 13.8 Å². The van der Waals surface area contributed by atoms with E-state index in [1.54, 1.807) is 16.7 Å². The summed E-state index contributed by atoms with van der Waals surface area (Å²) < 4.78 is 28.0. The Labute approximate surface area is 177 Å². The number of aromatic nitrogens is 1. The first-order chi connectivity index (χ1) is 13.9. The topological polar surface area (TPSA) is 36.4 Å². The average molecular weight is 436 g/mol. The first-order valence-electron chi connectivity index (χ1n) is 9.32. The Morgan fingerprint density at radius 3 is 2.62 bits per heavy atom. The quantitative estimate of drug-likeness (QED) is 0.348. The molecule has 1 amide bonds. The number of thioether (sulfide) groups is 1. The number of halogens is 2. The third-order valence-corrected chi connectivity index (χ3v) is 6.38. The molecule has 0 saturated heterocycles. The van der Waals surface area contributed by atoms with Crippen molar-refractivity contribution in [3.8, 4) is 0 Å². The maximum Gasteiger partial charge on any atom is 0.228 e. The number of hydrogen-bond donors (Lipinski definition) is 0. The van der Waals surface area contributed by atoms with Gasteiger partial charge in [0.05, 0.1) is 4.70 Å². The van der Waals surface area contributed by atoms with E-state index in [0.717, 1.165) is 29.6 Å². The van der Waals surface area contributed by atoms with Gasteiger partial charge in [0.25, 0.3) is 0 Å². The van der Waals surface area contributed by atoms with E-state index in [1.807, 2.05) is 49.3 Å². The number of carbonyl (C=O) groups excluding carboxylic acids is 1. The van der Waals surface area contributed by atoms with Crippen molar-refractivity contribution in [1.29, 1.82) is 0 Å². The van der Waals surface area contributed by atoms with E-state index in [2.05, 4.69) is 4.98 Å². The molecule has 29 heavy (non-hydrogen) atoms. The molecule has 0 aliphatic rings. The van der Waals surface area contributed by atoms with Crippen LogP contribution in [0.4, 0.5) is 13.9 Å². The molecular formula is C21H23F2N3OS2. The van der Waals surface area contributed by atoms with Crippen LogP contribution in [0.1, 0.15) is 12.8 Å². The fraction of sp³-hybridized carbons (Fsp3) is 0.333. The van der Waals surface area contributed by atoms with E-state index in [9.17, 15) is 13.6 Å². The van der Waals surface area contributed by atoms with Crippen LogP contribution in [0.2, 0.25) is 0 Å². The molecule has 4 nitrogen and oxygen atoms in total. The number of nitrogens with zero attached hydrogens (tertiary/aromatic N) is 3. The highest BCUT2D eigenvalue weighted by atomic mass is 32.2. The van der Waals surface area contributed by atoms with Crippen LogP contribution in [0.25, 0.3) is 10.2 Å². The number of fused-ring (bicyclic) bond motifs is 1. The van der Waals surface area contributed by atoms with Gasteiger partial charge in [0.2, 0.25) is 5.91 Å². The highest BCUT2D eigenvalue weighted by Crippen LogP contribution is 2.31. The number of rotatable bonds is 9. The predicted octanol–water partition coefficient (Wildman–Crippen LogP) is 5.04. The maximum atomic E-state index is 14.0. The standard InChI is InChI=1S/C21H23F2N3OS2/c1-25(2)10-11-26(19(27)9-6-12-28-16-7-4-3-5-8-16)21-24-20-17(23)13-15(22)14-18(20)29-21/h3-5,7-8,13-14H,6,9-12H2,1-2H3. The van der Waals surface area contributed by atoms with E-state index in [1.165, 1.54) is 11.0 Å². The number of carbonyl (C=O) groups is 1. The second-order valence-electron chi connectivity index (χ2n) is 6.84. The van der Waals surface area contributed by atoms with E-state index in [0.29, 0.717) is 29.3 Å². The summed E-state index contributed by atoms with van der Waals surface area (Å²) in [4.78, 5) is 21.9. The summed E-state index contributed by atoms with van der Waals surface area (Å²) in [5, 5.41) is 0.409. The fourth-order valence-corrected chi connectivity index (χ4v) is 4.68. The normalized spacial score (nSPS) is 11.3. The Kier molecular flexibility index (Phi) is 7.57. The molecular weight excluding hydrogens is 412 g/mol. The van der Waals surface area contributed by atoms with Crippen molar-refractivity contribution in [2.75, 3.05) is 37.8 Å². The molecule has 3 aromatic rings. The summed E-state index contributed by atoms with van der Waals surface area (Å²) in [6.45, 7) is 1.10. The second kappa shape index (κ2) is 10.1. The van der Waals surface area contributed by atoms with Gasteiger partial charge < -0.3 is 4.90 Å². The van der Waals surface area contributed by atoms with E-state index >= 15 is 0 Å². The number of amides is 1. The van der Waals surface area contributed by atoms with Crippen molar-refractivity contribution in [2.24, 2.45) is 0 Å².